The molecule has 1 heterocycles. The third-order valence-electron chi connectivity index (χ3n) is 4.62. The number of carbonyl (C=O) groups is 1. The van der Waals surface area contributed by atoms with Crippen LogP contribution in [0, 0.1) is 0 Å². The normalized spacial score (nSPS) is 15.1. The molecule has 1 aromatic carbocycles. The maximum absolute atomic E-state index is 12.5. The fourth-order valence-electron chi connectivity index (χ4n) is 3.18. The van der Waals surface area contributed by atoms with Crippen molar-refractivity contribution in [2.24, 2.45) is 0 Å². The maximum atomic E-state index is 12.5. The first kappa shape index (κ1) is 18.4. The fourth-order valence-corrected chi connectivity index (χ4v) is 5.03. The number of nitrogens with one attached hydrogen (secondary N) is 2. The van der Waals surface area contributed by atoms with Crippen molar-refractivity contribution in [3.05, 3.63) is 43.0 Å². The van der Waals surface area contributed by atoms with E-state index < -0.39 is 9.84 Å². The summed E-state index contributed by atoms with van der Waals surface area (Å²) < 4.78 is 27.0. The highest BCUT2D eigenvalue weighted by Crippen LogP contribution is 2.29. The molecule has 3 rings (SSSR count). The zero-order valence-electron chi connectivity index (χ0n) is 14.6. The second-order valence-corrected chi connectivity index (χ2v) is 8.74. The standard InChI is InChI=1S/C18H24N4O3S/c23-18(20-10-3-12-22-13-11-19-14-22)21-15-6-8-17(9-7-15)26(24,25)16-4-1-2-5-16/h6-9,11,13-14,16H,1-5,10,12H2,(H2,20,21,23). The minimum absolute atomic E-state index is 0.264. The Labute approximate surface area is 153 Å². The first-order chi connectivity index (χ1) is 12.6. The first-order valence-electron chi connectivity index (χ1n) is 8.90. The zero-order valence-corrected chi connectivity index (χ0v) is 15.4. The molecule has 0 spiro atoms. The number of nitrogens with zero attached hydrogens (tertiary/aromatic N) is 2. The monoisotopic (exact) mass is 376 g/mol. The highest BCUT2D eigenvalue weighted by atomic mass is 32.2. The average molecular weight is 376 g/mol. The topological polar surface area (TPSA) is 93.1 Å². The summed E-state index contributed by atoms with van der Waals surface area (Å²) in [6.45, 7) is 1.33. The SMILES string of the molecule is O=C(NCCCn1ccnc1)Nc1ccc(S(=O)(=O)C2CCCC2)cc1. The van der Waals surface area contributed by atoms with E-state index in [9.17, 15) is 13.2 Å². The molecule has 140 valence electrons. The number of carbonyl (C=O) groups excluding carboxylic acids is 1. The minimum atomic E-state index is -3.26. The Balaban J connectivity index is 1.46. The lowest BCUT2D eigenvalue weighted by atomic mass is 10.3. The van der Waals surface area contributed by atoms with Gasteiger partial charge in [0.15, 0.2) is 9.84 Å². The molecule has 1 saturated carbocycles. The van der Waals surface area contributed by atoms with Crippen LogP contribution in [-0.4, -0.2) is 35.8 Å². The Morgan fingerprint density at radius 2 is 1.92 bits per heavy atom. The van der Waals surface area contributed by atoms with Crippen LogP contribution in [0.15, 0.2) is 47.9 Å². The summed E-state index contributed by atoms with van der Waals surface area (Å²) >= 11 is 0. The van der Waals surface area contributed by atoms with Crippen molar-refractivity contribution in [2.45, 2.75) is 48.8 Å². The molecule has 0 bridgehead atoms. The molecule has 1 aromatic heterocycles. The van der Waals surface area contributed by atoms with Crippen LogP contribution in [0.3, 0.4) is 0 Å². The number of benzene rings is 1. The van der Waals surface area contributed by atoms with Gasteiger partial charge in [0.1, 0.15) is 0 Å². The van der Waals surface area contributed by atoms with Gasteiger partial charge >= 0.3 is 6.03 Å². The van der Waals surface area contributed by atoms with Crippen LogP contribution >= 0.6 is 0 Å². The van der Waals surface area contributed by atoms with E-state index in [0.717, 1.165) is 38.6 Å². The summed E-state index contributed by atoms with van der Waals surface area (Å²) in [7, 11) is -3.26. The molecule has 2 amide bonds. The summed E-state index contributed by atoms with van der Waals surface area (Å²) in [5, 5.41) is 5.24. The van der Waals surface area contributed by atoms with Gasteiger partial charge < -0.3 is 15.2 Å². The van der Waals surface area contributed by atoms with E-state index in [4.69, 9.17) is 0 Å². The van der Waals surface area contributed by atoms with Crippen LogP contribution < -0.4 is 10.6 Å². The summed E-state index contributed by atoms with van der Waals surface area (Å²) in [5.74, 6) is 0. The van der Waals surface area contributed by atoms with Crippen molar-refractivity contribution in [3.63, 3.8) is 0 Å². The lowest BCUT2D eigenvalue weighted by molar-refractivity contribution is 0.252. The number of aryl methyl sites for hydroxylation is 1. The number of aromatic nitrogens is 2. The second-order valence-electron chi connectivity index (χ2n) is 6.51. The maximum Gasteiger partial charge on any atom is 0.319 e. The van der Waals surface area contributed by atoms with Crippen LogP contribution in [0.2, 0.25) is 0 Å². The zero-order chi connectivity index (χ0) is 18.4. The highest BCUT2D eigenvalue weighted by Gasteiger charge is 2.30. The molecule has 2 N–H and O–H groups in total. The molecule has 1 aliphatic carbocycles. The molecule has 0 unspecified atom stereocenters. The predicted octanol–water partition coefficient (Wildman–Crippen LogP) is 2.81. The highest BCUT2D eigenvalue weighted by molar-refractivity contribution is 7.92. The quantitative estimate of drug-likeness (QED) is 0.727. The summed E-state index contributed by atoms with van der Waals surface area (Å²) in [5.41, 5.74) is 0.572. The van der Waals surface area contributed by atoms with Gasteiger partial charge in [0.25, 0.3) is 0 Å². The number of imidazole rings is 1. The van der Waals surface area contributed by atoms with Crippen molar-refractivity contribution in [2.75, 3.05) is 11.9 Å². The van der Waals surface area contributed by atoms with Gasteiger partial charge in [-0.05, 0) is 43.5 Å². The van der Waals surface area contributed by atoms with Crippen molar-refractivity contribution < 1.29 is 13.2 Å². The number of amides is 2. The Hall–Kier alpha value is -2.35. The van der Waals surface area contributed by atoms with Crippen molar-refractivity contribution in [1.29, 1.82) is 0 Å². The average Bonchev–Trinajstić information content (AvgIpc) is 3.33. The number of sulfone groups is 1. The Morgan fingerprint density at radius 3 is 2.58 bits per heavy atom. The number of rotatable bonds is 7. The molecular formula is C18H24N4O3S. The third-order valence-corrected chi connectivity index (χ3v) is 6.90. The van der Waals surface area contributed by atoms with E-state index in [1.165, 1.54) is 0 Å². The first-order valence-corrected chi connectivity index (χ1v) is 10.4. The fraction of sp³-hybridized carbons (Fsp3) is 0.444. The number of urea groups is 1. The molecule has 7 nitrogen and oxygen atoms in total. The lowest BCUT2D eigenvalue weighted by Gasteiger charge is -2.12. The van der Waals surface area contributed by atoms with E-state index >= 15 is 0 Å². The van der Waals surface area contributed by atoms with E-state index in [0.29, 0.717) is 17.1 Å². The lowest BCUT2D eigenvalue weighted by Crippen LogP contribution is -2.30. The van der Waals surface area contributed by atoms with Crippen LogP contribution in [0.4, 0.5) is 10.5 Å². The third kappa shape index (κ3) is 4.63. The van der Waals surface area contributed by atoms with E-state index in [-0.39, 0.29) is 11.3 Å². The molecule has 0 saturated heterocycles. The number of anilines is 1. The molecule has 0 aliphatic heterocycles. The number of hydrogen-bond donors (Lipinski definition) is 2. The largest absolute Gasteiger partial charge is 0.338 e. The van der Waals surface area contributed by atoms with E-state index in [2.05, 4.69) is 15.6 Å². The Morgan fingerprint density at radius 1 is 1.19 bits per heavy atom. The molecule has 1 aliphatic rings. The number of hydrogen-bond acceptors (Lipinski definition) is 4. The van der Waals surface area contributed by atoms with E-state index in [1.807, 2.05) is 10.8 Å². The van der Waals surface area contributed by atoms with Gasteiger partial charge in [0.05, 0.1) is 16.5 Å². The van der Waals surface area contributed by atoms with Crippen LogP contribution in [0.25, 0.3) is 0 Å². The van der Waals surface area contributed by atoms with Crippen molar-refractivity contribution in [1.82, 2.24) is 14.9 Å². The predicted molar refractivity (Wildman–Crippen MR) is 99.7 cm³/mol. The van der Waals surface area contributed by atoms with Gasteiger partial charge in [0, 0.05) is 31.2 Å². The van der Waals surface area contributed by atoms with E-state index in [1.54, 1.807) is 36.8 Å². The van der Waals surface area contributed by atoms with Gasteiger partial charge in [-0.1, -0.05) is 12.8 Å². The van der Waals surface area contributed by atoms with Crippen LogP contribution in [0.5, 0.6) is 0 Å². The molecule has 1 fully saturated rings. The summed E-state index contributed by atoms with van der Waals surface area (Å²) in [6, 6.07) is 6.10. The van der Waals surface area contributed by atoms with Gasteiger partial charge in [0.2, 0.25) is 0 Å². The molecule has 0 atom stereocenters. The van der Waals surface area contributed by atoms with Crippen molar-refractivity contribution >= 4 is 21.6 Å². The minimum Gasteiger partial charge on any atom is -0.338 e. The Bertz CT molecular complexity index is 811. The summed E-state index contributed by atoms with van der Waals surface area (Å²) in [4.78, 5) is 16.2. The van der Waals surface area contributed by atoms with Crippen LogP contribution in [0.1, 0.15) is 32.1 Å². The van der Waals surface area contributed by atoms with Gasteiger partial charge in [-0.2, -0.15) is 0 Å². The molecular weight excluding hydrogens is 352 g/mol. The van der Waals surface area contributed by atoms with Crippen LogP contribution in [-0.2, 0) is 16.4 Å². The van der Waals surface area contributed by atoms with Gasteiger partial charge in [-0.3, -0.25) is 0 Å². The van der Waals surface area contributed by atoms with Crippen molar-refractivity contribution in [3.8, 4) is 0 Å². The Kier molecular flexibility index (Phi) is 5.92. The summed E-state index contributed by atoms with van der Waals surface area (Å²) in [6.07, 6.45) is 9.56. The van der Waals surface area contributed by atoms with Gasteiger partial charge in [-0.25, -0.2) is 18.2 Å². The molecule has 26 heavy (non-hydrogen) atoms. The second kappa shape index (κ2) is 8.35. The smallest absolute Gasteiger partial charge is 0.319 e. The molecule has 0 radical (unpaired) electrons. The molecule has 2 aromatic rings. The van der Waals surface area contributed by atoms with Gasteiger partial charge in [-0.15, -0.1) is 0 Å². The molecule has 8 heteroatoms.